The van der Waals surface area contributed by atoms with Crippen molar-refractivity contribution < 1.29 is 26.7 Å². The zero-order chi connectivity index (χ0) is 19.5. The van der Waals surface area contributed by atoms with Crippen LogP contribution in [0.5, 0.6) is 5.75 Å². The number of rotatable bonds is 6. The fraction of sp³-hybridized carbons (Fsp3) is 0.188. The highest BCUT2D eigenvalue weighted by Gasteiger charge is 2.26. The summed E-state index contributed by atoms with van der Waals surface area (Å²) in [5.74, 6) is -2.45. The Balaban J connectivity index is 2.20. The van der Waals surface area contributed by atoms with Gasteiger partial charge in [-0.25, -0.2) is 17.2 Å². The van der Waals surface area contributed by atoms with Crippen LogP contribution in [0.25, 0.3) is 0 Å². The minimum Gasteiger partial charge on any atom is -0.495 e. The molecule has 0 unspecified atom stereocenters. The second-order valence-electron chi connectivity index (χ2n) is 5.25. The van der Waals surface area contributed by atoms with Gasteiger partial charge in [0.05, 0.1) is 18.8 Å². The molecule has 0 spiro atoms. The molecule has 0 aliphatic heterocycles. The summed E-state index contributed by atoms with van der Waals surface area (Å²) in [4.78, 5) is 11.9. The van der Waals surface area contributed by atoms with Crippen LogP contribution in [-0.4, -0.2) is 27.5 Å². The van der Waals surface area contributed by atoms with Gasteiger partial charge in [0.1, 0.15) is 22.3 Å². The van der Waals surface area contributed by atoms with Crippen LogP contribution in [0, 0.1) is 11.6 Å². The van der Waals surface area contributed by atoms with Crippen molar-refractivity contribution in [3.63, 3.8) is 0 Å². The summed E-state index contributed by atoms with van der Waals surface area (Å²) in [5.41, 5.74) is -0.401. The molecule has 2 N–H and O–H groups in total. The van der Waals surface area contributed by atoms with Gasteiger partial charge in [-0.15, -0.1) is 0 Å². The minimum absolute atomic E-state index is 0.0330. The number of carbonyl (C=O) groups excluding carboxylic acids is 1. The second-order valence-corrected chi connectivity index (χ2v) is 7.37. The number of hydrogen-bond acceptors (Lipinski definition) is 4. The van der Waals surface area contributed by atoms with Crippen LogP contribution in [0.2, 0.25) is 5.02 Å². The first-order valence-corrected chi connectivity index (χ1v) is 9.12. The molecule has 140 valence electrons. The first-order valence-electron chi connectivity index (χ1n) is 7.26. The number of methoxy groups -OCH3 is 1. The molecule has 0 aliphatic carbocycles. The largest absolute Gasteiger partial charge is 0.495 e. The molecule has 0 saturated heterocycles. The molecule has 2 aromatic rings. The molecular formula is C16H15ClF2N2O4S. The smallest absolute Gasteiger partial charge is 0.245 e. The maximum atomic E-state index is 13.6. The number of sulfonamides is 1. The van der Waals surface area contributed by atoms with E-state index in [-0.39, 0.29) is 15.7 Å². The van der Waals surface area contributed by atoms with E-state index in [1.165, 1.54) is 32.2 Å². The van der Waals surface area contributed by atoms with Gasteiger partial charge in [-0.3, -0.25) is 4.79 Å². The van der Waals surface area contributed by atoms with Crippen LogP contribution in [0.3, 0.4) is 0 Å². The van der Waals surface area contributed by atoms with Crippen molar-refractivity contribution in [3.05, 3.63) is 53.1 Å². The number of amides is 1. The zero-order valence-corrected chi connectivity index (χ0v) is 15.3. The number of halogens is 3. The number of nitrogens with one attached hydrogen (secondary N) is 2. The number of ether oxygens (including phenoxy) is 1. The van der Waals surface area contributed by atoms with Gasteiger partial charge in [0.15, 0.2) is 0 Å². The third-order valence-electron chi connectivity index (χ3n) is 3.33. The van der Waals surface area contributed by atoms with Crippen LogP contribution >= 0.6 is 11.6 Å². The van der Waals surface area contributed by atoms with Gasteiger partial charge in [-0.1, -0.05) is 11.6 Å². The molecule has 0 fully saturated rings. The third-order valence-corrected chi connectivity index (χ3v) is 5.12. The minimum atomic E-state index is -4.17. The van der Waals surface area contributed by atoms with Crippen molar-refractivity contribution in [2.45, 2.75) is 17.9 Å². The maximum absolute atomic E-state index is 13.6. The van der Waals surface area contributed by atoms with Crippen molar-refractivity contribution in [1.29, 1.82) is 0 Å². The van der Waals surface area contributed by atoms with E-state index in [1.807, 2.05) is 0 Å². The lowest BCUT2D eigenvalue weighted by Crippen LogP contribution is -2.41. The van der Waals surface area contributed by atoms with Gasteiger partial charge in [0, 0.05) is 11.1 Å². The van der Waals surface area contributed by atoms with E-state index in [2.05, 4.69) is 10.0 Å². The lowest BCUT2D eigenvalue weighted by molar-refractivity contribution is -0.117. The molecular weight excluding hydrogens is 390 g/mol. The van der Waals surface area contributed by atoms with Crippen LogP contribution in [0.4, 0.5) is 14.5 Å². The average Bonchev–Trinajstić information content (AvgIpc) is 2.57. The molecule has 1 amide bonds. The molecule has 0 aromatic heterocycles. The maximum Gasteiger partial charge on any atom is 0.245 e. The van der Waals surface area contributed by atoms with Crippen LogP contribution in [0.15, 0.2) is 41.3 Å². The quantitative estimate of drug-likeness (QED) is 0.775. The number of carbonyl (C=O) groups is 1. The summed E-state index contributed by atoms with van der Waals surface area (Å²) in [7, 11) is -2.89. The first-order chi connectivity index (χ1) is 12.1. The molecule has 10 heteroatoms. The monoisotopic (exact) mass is 404 g/mol. The standard InChI is InChI=1S/C16H15ClF2N2O4S/c1-9(16(22)20-13-8-11(18)4-5-12(13)19)21-26(23,24)15-7-10(17)3-6-14(15)25-2/h3-9,21H,1-2H3,(H,20,22)/t9-/m1/s1. The Morgan fingerprint density at radius 2 is 1.88 bits per heavy atom. The predicted octanol–water partition coefficient (Wildman–Crippen LogP) is 2.93. The van der Waals surface area contributed by atoms with Crippen molar-refractivity contribution in [1.82, 2.24) is 4.72 Å². The highest BCUT2D eigenvalue weighted by molar-refractivity contribution is 7.89. The molecule has 0 heterocycles. The first kappa shape index (κ1) is 20.1. The average molecular weight is 405 g/mol. The molecule has 2 rings (SSSR count). The van der Waals surface area contributed by atoms with Crippen molar-refractivity contribution in [2.75, 3.05) is 12.4 Å². The van der Waals surface area contributed by atoms with Crippen LogP contribution in [0.1, 0.15) is 6.92 Å². The summed E-state index contributed by atoms with van der Waals surface area (Å²) in [6, 6.07) is 5.21. The Hall–Kier alpha value is -2.23. The SMILES string of the molecule is COc1ccc(Cl)cc1S(=O)(=O)N[C@H](C)C(=O)Nc1cc(F)ccc1F. The Bertz CT molecular complexity index is 938. The Morgan fingerprint density at radius 1 is 1.19 bits per heavy atom. The van der Waals surface area contributed by atoms with Gasteiger partial charge in [-0.05, 0) is 37.3 Å². The Kier molecular flexibility index (Phi) is 6.17. The normalized spacial score (nSPS) is 12.5. The van der Waals surface area contributed by atoms with E-state index in [9.17, 15) is 22.0 Å². The fourth-order valence-electron chi connectivity index (χ4n) is 2.04. The van der Waals surface area contributed by atoms with Crippen molar-refractivity contribution in [3.8, 4) is 5.75 Å². The van der Waals surface area contributed by atoms with Gasteiger partial charge >= 0.3 is 0 Å². The lowest BCUT2D eigenvalue weighted by atomic mass is 10.2. The lowest BCUT2D eigenvalue weighted by Gasteiger charge is -2.16. The van der Waals surface area contributed by atoms with E-state index in [4.69, 9.17) is 16.3 Å². The number of benzene rings is 2. The third kappa shape index (κ3) is 4.69. The molecule has 2 aromatic carbocycles. The summed E-state index contributed by atoms with van der Waals surface area (Å²) >= 11 is 5.81. The summed E-state index contributed by atoms with van der Waals surface area (Å²) < 4.78 is 58.8. The molecule has 26 heavy (non-hydrogen) atoms. The molecule has 0 aliphatic rings. The zero-order valence-electron chi connectivity index (χ0n) is 13.7. The summed E-state index contributed by atoms with van der Waals surface area (Å²) in [6.45, 7) is 1.25. The Morgan fingerprint density at radius 3 is 2.54 bits per heavy atom. The molecule has 0 radical (unpaired) electrons. The van der Waals surface area contributed by atoms with Gasteiger partial charge in [-0.2, -0.15) is 4.72 Å². The van der Waals surface area contributed by atoms with Crippen molar-refractivity contribution >= 4 is 33.2 Å². The summed E-state index contributed by atoms with van der Waals surface area (Å²) in [6.07, 6.45) is 0. The van der Waals surface area contributed by atoms with Gasteiger partial charge in [0.2, 0.25) is 15.9 Å². The number of hydrogen-bond donors (Lipinski definition) is 2. The fourth-order valence-corrected chi connectivity index (χ4v) is 3.68. The van der Waals surface area contributed by atoms with Gasteiger partial charge < -0.3 is 10.1 Å². The molecule has 0 saturated carbocycles. The van der Waals surface area contributed by atoms with E-state index < -0.39 is 39.3 Å². The molecule has 1 atom stereocenters. The van der Waals surface area contributed by atoms with Crippen LogP contribution in [-0.2, 0) is 14.8 Å². The van der Waals surface area contributed by atoms with Gasteiger partial charge in [0.25, 0.3) is 0 Å². The van der Waals surface area contributed by atoms with E-state index in [0.29, 0.717) is 0 Å². The Labute approximate surface area is 154 Å². The topological polar surface area (TPSA) is 84.5 Å². The van der Waals surface area contributed by atoms with E-state index in [1.54, 1.807) is 0 Å². The predicted molar refractivity (Wildman–Crippen MR) is 92.8 cm³/mol. The highest BCUT2D eigenvalue weighted by atomic mass is 35.5. The second kappa shape index (κ2) is 7.98. The van der Waals surface area contributed by atoms with Crippen molar-refractivity contribution in [2.24, 2.45) is 0 Å². The highest BCUT2D eigenvalue weighted by Crippen LogP contribution is 2.27. The summed E-state index contributed by atoms with van der Waals surface area (Å²) in [5, 5.41) is 2.28. The molecule has 0 bridgehead atoms. The van der Waals surface area contributed by atoms with Crippen LogP contribution < -0.4 is 14.8 Å². The van der Waals surface area contributed by atoms with E-state index >= 15 is 0 Å². The van der Waals surface area contributed by atoms with E-state index in [0.717, 1.165) is 18.2 Å². The molecule has 6 nitrogen and oxygen atoms in total. The number of anilines is 1.